The molecule has 4 amide bonds. The highest BCUT2D eigenvalue weighted by Crippen LogP contribution is 2.36. The number of nitrogens with one attached hydrogen (secondary N) is 2. The molecule has 1 aromatic heterocycles. The molecule has 1 atom stereocenters. The van der Waals surface area contributed by atoms with Gasteiger partial charge in [0, 0.05) is 5.54 Å². The Morgan fingerprint density at radius 1 is 1.35 bits per heavy atom. The van der Waals surface area contributed by atoms with Crippen LogP contribution in [0.5, 0.6) is 0 Å². The average Bonchev–Trinajstić information content (AvgIpc) is 3.28. The number of rotatable bonds is 6. The summed E-state index contributed by atoms with van der Waals surface area (Å²) in [6.45, 7) is 1.26. The lowest BCUT2D eigenvalue weighted by atomic mass is 9.94. The first-order valence-corrected chi connectivity index (χ1v) is 11.0. The Morgan fingerprint density at radius 2 is 2.06 bits per heavy atom. The number of nitrogens with zero attached hydrogens (tertiary/aromatic N) is 4. The Bertz CT molecular complexity index is 1190. The van der Waals surface area contributed by atoms with Crippen LogP contribution >= 0.6 is 0 Å². The molecule has 0 aromatic carbocycles. The largest absolute Gasteiger partial charge is 0.501 e. The van der Waals surface area contributed by atoms with Crippen molar-refractivity contribution in [1.29, 1.82) is 0 Å². The van der Waals surface area contributed by atoms with Crippen LogP contribution in [0.4, 0.5) is 10.5 Å². The zero-order valence-electron chi connectivity index (χ0n) is 16.9. The summed E-state index contributed by atoms with van der Waals surface area (Å²) in [5.74, 6) is 3.11. The predicted octanol–water partition coefficient (Wildman–Crippen LogP) is -0.877. The topological polar surface area (TPSA) is 160 Å². The third-order valence-electron chi connectivity index (χ3n) is 5.38. The minimum absolute atomic E-state index is 0.0507. The lowest BCUT2D eigenvalue weighted by Crippen LogP contribution is -2.55. The van der Waals surface area contributed by atoms with E-state index in [4.69, 9.17) is 5.84 Å². The van der Waals surface area contributed by atoms with Gasteiger partial charge >= 0.3 is 11.9 Å². The number of sulfonamides is 1. The third kappa shape index (κ3) is 4.01. The van der Waals surface area contributed by atoms with Crippen LogP contribution in [-0.4, -0.2) is 70.5 Å². The van der Waals surface area contributed by atoms with Crippen LogP contribution in [-0.2, 0) is 19.6 Å². The van der Waals surface area contributed by atoms with Crippen molar-refractivity contribution in [1.82, 2.24) is 19.5 Å². The minimum Gasteiger partial charge on any atom is -0.323 e. The molecule has 12 nitrogen and oxygen atoms in total. The van der Waals surface area contributed by atoms with Crippen molar-refractivity contribution < 1.29 is 27.4 Å². The summed E-state index contributed by atoms with van der Waals surface area (Å²) in [5.41, 5.74) is 0.175. The van der Waals surface area contributed by atoms with Crippen LogP contribution in [0.2, 0.25) is 0 Å². The number of aromatic nitrogens is 2. The Morgan fingerprint density at radius 3 is 2.68 bits per heavy atom. The zero-order valence-corrected chi connectivity index (χ0v) is 17.7. The number of nitrogens with two attached hydrogens (primary N) is 1. The van der Waals surface area contributed by atoms with Crippen LogP contribution in [0.1, 0.15) is 19.8 Å². The molecule has 1 aliphatic heterocycles. The SMILES string of the molecule is C[N+]1=C2C=CC(S(=O)(=O)NC3(C)CC3)=CC2C(=O)N(CC(=O)Nc2cnn(N)c2)C1=O. The Kier molecular flexibility index (Phi) is 4.81. The highest BCUT2D eigenvalue weighted by Gasteiger charge is 2.48. The van der Waals surface area contributed by atoms with Crippen molar-refractivity contribution in [2.45, 2.75) is 25.3 Å². The Balaban J connectivity index is 1.56. The average molecular weight is 448 g/mol. The van der Waals surface area contributed by atoms with Crippen molar-refractivity contribution in [3.63, 3.8) is 0 Å². The number of urea groups is 1. The van der Waals surface area contributed by atoms with Gasteiger partial charge in [-0.3, -0.25) is 4.79 Å². The number of nitrogen functional groups attached to an aromatic ring is 1. The van der Waals surface area contributed by atoms with Crippen LogP contribution in [0.3, 0.4) is 0 Å². The van der Waals surface area contributed by atoms with E-state index in [1.807, 2.05) is 6.92 Å². The molecule has 1 saturated carbocycles. The number of carbonyl (C=O) groups excluding carboxylic acids is 3. The number of hydrogen-bond acceptors (Lipinski definition) is 7. The van der Waals surface area contributed by atoms with E-state index in [0.717, 1.165) is 22.5 Å². The second-order valence-corrected chi connectivity index (χ2v) is 9.68. The minimum atomic E-state index is -3.83. The third-order valence-corrected chi connectivity index (χ3v) is 7.04. The number of hydrogen-bond donors (Lipinski definition) is 3. The molecule has 0 radical (unpaired) electrons. The highest BCUT2D eigenvalue weighted by molar-refractivity contribution is 7.93. The van der Waals surface area contributed by atoms with Gasteiger partial charge in [0.2, 0.25) is 10.0 Å². The number of amides is 4. The molecule has 1 aromatic rings. The maximum atomic E-state index is 13.0. The first-order chi connectivity index (χ1) is 14.5. The second kappa shape index (κ2) is 7.13. The van der Waals surface area contributed by atoms with E-state index in [9.17, 15) is 22.8 Å². The van der Waals surface area contributed by atoms with E-state index in [1.54, 1.807) is 0 Å². The molecule has 1 fully saturated rings. The summed E-state index contributed by atoms with van der Waals surface area (Å²) in [6, 6.07) is -0.686. The van der Waals surface area contributed by atoms with E-state index >= 15 is 0 Å². The summed E-state index contributed by atoms with van der Waals surface area (Å²) in [6.07, 6.45) is 8.27. The van der Waals surface area contributed by atoms with Crippen LogP contribution in [0, 0.1) is 5.92 Å². The lowest BCUT2D eigenvalue weighted by Gasteiger charge is -2.26. The van der Waals surface area contributed by atoms with Crippen LogP contribution in [0.15, 0.2) is 35.5 Å². The van der Waals surface area contributed by atoms with E-state index in [-0.39, 0.29) is 4.91 Å². The fourth-order valence-electron chi connectivity index (χ4n) is 3.39. The van der Waals surface area contributed by atoms with Crippen LogP contribution in [0.25, 0.3) is 0 Å². The number of allylic oxidation sites excluding steroid dienone is 2. The fourth-order valence-corrected chi connectivity index (χ4v) is 4.93. The zero-order chi connectivity index (χ0) is 22.6. The molecule has 0 bridgehead atoms. The van der Waals surface area contributed by atoms with Gasteiger partial charge in [-0.15, -0.1) is 4.90 Å². The highest BCUT2D eigenvalue weighted by atomic mass is 32.2. The van der Waals surface area contributed by atoms with E-state index in [0.29, 0.717) is 11.4 Å². The first kappa shape index (κ1) is 20.9. The predicted molar refractivity (Wildman–Crippen MR) is 110 cm³/mol. The molecule has 4 rings (SSSR count). The molecule has 1 unspecified atom stereocenters. The molecule has 0 spiro atoms. The van der Waals surface area contributed by atoms with E-state index < -0.39 is 45.9 Å². The van der Waals surface area contributed by atoms with Gasteiger partial charge in [0.15, 0.2) is 6.54 Å². The van der Waals surface area contributed by atoms with Gasteiger partial charge in [-0.25, -0.2) is 17.9 Å². The summed E-state index contributed by atoms with van der Waals surface area (Å²) < 4.78 is 29.3. The summed E-state index contributed by atoms with van der Waals surface area (Å²) in [4.78, 5) is 39.8. The van der Waals surface area contributed by atoms with Gasteiger partial charge in [0.1, 0.15) is 11.6 Å². The molecular weight excluding hydrogens is 426 g/mol. The smallest absolute Gasteiger partial charge is 0.323 e. The second-order valence-electron chi connectivity index (χ2n) is 7.99. The molecule has 2 aliphatic carbocycles. The number of anilines is 1. The van der Waals surface area contributed by atoms with Crippen LogP contribution < -0.4 is 15.9 Å². The molecule has 0 saturated heterocycles. The molecule has 31 heavy (non-hydrogen) atoms. The molecule has 2 heterocycles. The van der Waals surface area contributed by atoms with Crippen molar-refractivity contribution in [2.75, 3.05) is 24.8 Å². The van der Waals surface area contributed by atoms with Gasteiger partial charge in [-0.2, -0.15) is 19.3 Å². The van der Waals surface area contributed by atoms with Crippen molar-refractivity contribution >= 4 is 39.3 Å². The maximum absolute atomic E-state index is 13.0. The fraction of sp³-hybridized carbons (Fsp3) is 0.389. The first-order valence-electron chi connectivity index (χ1n) is 9.48. The summed E-state index contributed by atoms with van der Waals surface area (Å²) in [5, 5.41) is 6.21. The Hall–Kier alpha value is -3.32. The normalized spacial score (nSPS) is 22.3. The standard InChI is InChI=1S/C18H21N7O5S/c1-18(5-6-18)22-31(29,30)12-3-4-14-13(7-12)16(27)24(17(28)23(14)2)10-15(26)21-11-8-20-25(19)9-11/h3-4,7-9,13,22H,5-6,10,19H2,1-2H3/p+1. The van der Waals surface area contributed by atoms with Crippen molar-refractivity contribution in [2.24, 2.45) is 5.92 Å². The molecule has 4 N–H and O–H groups in total. The monoisotopic (exact) mass is 448 g/mol. The number of carbonyl (C=O) groups is 3. The molecule has 164 valence electrons. The lowest BCUT2D eigenvalue weighted by molar-refractivity contribution is -0.406. The van der Waals surface area contributed by atoms with Gasteiger partial charge < -0.3 is 11.2 Å². The van der Waals surface area contributed by atoms with Crippen molar-refractivity contribution in [3.8, 4) is 0 Å². The van der Waals surface area contributed by atoms with Crippen molar-refractivity contribution in [3.05, 3.63) is 35.5 Å². The molecule has 3 aliphatic rings. The van der Waals surface area contributed by atoms with E-state index in [1.165, 1.54) is 42.2 Å². The number of fused-ring (bicyclic) bond motifs is 1. The Labute approximate surface area is 178 Å². The van der Waals surface area contributed by atoms with Gasteiger partial charge in [0.05, 0.1) is 30.0 Å². The summed E-state index contributed by atoms with van der Waals surface area (Å²) >= 11 is 0. The van der Waals surface area contributed by atoms with Gasteiger partial charge in [-0.1, -0.05) is 0 Å². The number of imide groups is 1. The van der Waals surface area contributed by atoms with Gasteiger partial charge in [0.25, 0.3) is 5.91 Å². The maximum Gasteiger partial charge on any atom is 0.501 e. The summed E-state index contributed by atoms with van der Waals surface area (Å²) in [7, 11) is -2.37. The quantitative estimate of drug-likeness (QED) is 0.376. The molecular formula is C18H22N7O5S+. The van der Waals surface area contributed by atoms with E-state index in [2.05, 4.69) is 15.1 Å². The molecule has 13 heteroatoms. The van der Waals surface area contributed by atoms with Gasteiger partial charge in [-0.05, 0) is 38.0 Å².